The van der Waals surface area contributed by atoms with Crippen molar-refractivity contribution in [3.05, 3.63) is 42.0 Å². The molecule has 0 fully saturated rings. The number of halogens is 1. The molecule has 0 amide bonds. The second kappa shape index (κ2) is 3.70. The predicted octanol–water partition coefficient (Wildman–Crippen LogP) is 1.09. The van der Waals surface area contributed by atoms with Crippen LogP contribution in [0.2, 0.25) is 0 Å². The van der Waals surface area contributed by atoms with Gasteiger partial charge in [-0.25, -0.2) is 9.07 Å². The molecule has 3 N–H and O–H groups in total. The number of aliphatic hydroxyl groups is 1. The van der Waals surface area contributed by atoms with Crippen molar-refractivity contribution in [2.75, 3.05) is 5.73 Å². The van der Waals surface area contributed by atoms with Crippen LogP contribution >= 0.6 is 0 Å². The molecule has 2 rings (SSSR count). The summed E-state index contributed by atoms with van der Waals surface area (Å²) in [6.45, 7) is -0.0859. The molecule has 0 atom stereocenters. The Kier molecular flexibility index (Phi) is 2.39. The van der Waals surface area contributed by atoms with E-state index < -0.39 is 5.82 Å². The number of benzene rings is 1. The number of nitrogen functional groups attached to an aromatic ring is 1. The first-order valence-corrected chi connectivity index (χ1v) is 4.40. The lowest BCUT2D eigenvalue weighted by molar-refractivity contribution is 0.282. The van der Waals surface area contributed by atoms with Crippen molar-refractivity contribution >= 4 is 5.69 Å². The number of aliphatic hydroxyl groups excluding tert-OH is 1. The largest absolute Gasteiger partial charge is 0.396 e. The third-order valence-electron chi connectivity index (χ3n) is 2.07. The SMILES string of the molecule is Nc1ccc(-n2cc(CO)cn2)cc1F. The first kappa shape index (κ1) is 9.67. The van der Waals surface area contributed by atoms with Gasteiger partial charge in [-0.3, -0.25) is 0 Å². The van der Waals surface area contributed by atoms with Gasteiger partial charge in [0.2, 0.25) is 0 Å². The lowest BCUT2D eigenvalue weighted by Crippen LogP contribution is -1.97. The fourth-order valence-electron chi connectivity index (χ4n) is 1.24. The molecule has 4 nitrogen and oxygen atoms in total. The normalized spacial score (nSPS) is 10.5. The Morgan fingerprint density at radius 2 is 2.27 bits per heavy atom. The molecule has 0 aliphatic carbocycles. The van der Waals surface area contributed by atoms with Gasteiger partial charge in [0.15, 0.2) is 0 Å². The van der Waals surface area contributed by atoms with Crippen LogP contribution < -0.4 is 5.73 Å². The number of nitrogens with two attached hydrogens (primary N) is 1. The number of aromatic nitrogens is 2. The highest BCUT2D eigenvalue weighted by Crippen LogP contribution is 2.15. The first-order chi connectivity index (χ1) is 7.20. The molecular weight excluding hydrogens is 197 g/mol. The molecule has 15 heavy (non-hydrogen) atoms. The number of hydrogen-bond donors (Lipinski definition) is 2. The van der Waals surface area contributed by atoms with Gasteiger partial charge < -0.3 is 10.8 Å². The molecule has 0 bridgehead atoms. The highest BCUT2D eigenvalue weighted by Gasteiger charge is 2.03. The number of hydrogen-bond acceptors (Lipinski definition) is 3. The van der Waals surface area contributed by atoms with Crippen LogP contribution in [0.25, 0.3) is 5.69 Å². The fourth-order valence-corrected chi connectivity index (χ4v) is 1.24. The van der Waals surface area contributed by atoms with E-state index in [1.54, 1.807) is 12.3 Å². The van der Waals surface area contributed by atoms with Crippen molar-refractivity contribution in [1.29, 1.82) is 0 Å². The average molecular weight is 207 g/mol. The van der Waals surface area contributed by atoms with Crippen LogP contribution in [-0.4, -0.2) is 14.9 Å². The summed E-state index contributed by atoms with van der Waals surface area (Å²) in [5.41, 5.74) is 6.70. The molecule has 0 saturated heterocycles. The van der Waals surface area contributed by atoms with Crippen LogP contribution in [0, 0.1) is 5.82 Å². The number of rotatable bonds is 2. The van der Waals surface area contributed by atoms with Crippen LogP contribution in [0.3, 0.4) is 0 Å². The van der Waals surface area contributed by atoms with E-state index in [1.807, 2.05) is 0 Å². The summed E-state index contributed by atoms with van der Waals surface area (Å²) in [6, 6.07) is 4.43. The van der Waals surface area contributed by atoms with E-state index in [4.69, 9.17) is 10.8 Å². The summed E-state index contributed by atoms with van der Waals surface area (Å²) in [5.74, 6) is -0.478. The van der Waals surface area contributed by atoms with Gasteiger partial charge in [0, 0.05) is 17.8 Å². The molecule has 1 aromatic carbocycles. The predicted molar refractivity (Wildman–Crippen MR) is 53.9 cm³/mol. The lowest BCUT2D eigenvalue weighted by Gasteiger charge is -2.02. The Hall–Kier alpha value is -1.88. The third kappa shape index (κ3) is 1.82. The van der Waals surface area contributed by atoms with E-state index in [0.29, 0.717) is 11.3 Å². The van der Waals surface area contributed by atoms with E-state index >= 15 is 0 Å². The summed E-state index contributed by atoms with van der Waals surface area (Å²) in [6.07, 6.45) is 3.15. The summed E-state index contributed by atoms with van der Waals surface area (Å²) in [7, 11) is 0. The minimum Gasteiger partial charge on any atom is -0.396 e. The Balaban J connectivity index is 2.40. The van der Waals surface area contributed by atoms with Crippen LogP contribution in [0.15, 0.2) is 30.6 Å². The summed E-state index contributed by atoms with van der Waals surface area (Å²) < 4.78 is 14.6. The topological polar surface area (TPSA) is 64.1 Å². The summed E-state index contributed by atoms with van der Waals surface area (Å²) >= 11 is 0. The van der Waals surface area contributed by atoms with Crippen molar-refractivity contribution in [2.24, 2.45) is 0 Å². The third-order valence-corrected chi connectivity index (χ3v) is 2.07. The van der Waals surface area contributed by atoms with Crippen molar-refractivity contribution in [3.63, 3.8) is 0 Å². The number of nitrogens with zero attached hydrogens (tertiary/aromatic N) is 2. The van der Waals surface area contributed by atoms with Crippen LogP contribution in [0.4, 0.5) is 10.1 Å². The Morgan fingerprint density at radius 1 is 1.47 bits per heavy atom. The smallest absolute Gasteiger partial charge is 0.148 e. The minimum atomic E-state index is -0.478. The zero-order chi connectivity index (χ0) is 10.8. The quantitative estimate of drug-likeness (QED) is 0.724. The molecule has 2 aromatic rings. The van der Waals surface area contributed by atoms with Gasteiger partial charge in [0.05, 0.1) is 24.2 Å². The zero-order valence-electron chi connectivity index (χ0n) is 7.89. The van der Waals surface area contributed by atoms with E-state index in [0.717, 1.165) is 0 Å². The molecule has 0 aliphatic rings. The highest BCUT2D eigenvalue weighted by molar-refractivity contribution is 5.46. The van der Waals surface area contributed by atoms with Crippen molar-refractivity contribution < 1.29 is 9.50 Å². The maximum atomic E-state index is 13.1. The molecule has 0 spiro atoms. The second-order valence-corrected chi connectivity index (χ2v) is 3.16. The Morgan fingerprint density at radius 3 is 2.87 bits per heavy atom. The van der Waals surface area contributed by atoms with E-state index in [-0.39, 0.29) is 12.3 Å². The van der Waals surface area contributed by atoms with Crippen molar-refractivity contribution in [2.45, 2.75) is 6.61 Å². The maximum Gasteiger partial charge on any atom is 0.148 e. The standard InChI is InChI=1S/C10H10FN3O/c11-9-3-8(1-2-10(9)12)14-5-7(6-15)4-13-14/h1-5,15H,6,12H2. The molecule has 0 aliphatic heterocycles. The molecular formula is C10H10FN3O. The zero-order valence-corrected chi connectivity index (χ0v) is 7.89. The van der Waals surface area contributed by atoms with Crippen molar-refractivity contribution in [1.82, 2.24) is 9.78 Å². The van der Waals surface area contributed by atoms with Crippen LogP contribution in [-0.2, 0) is 6.61 Å². The van der Waals surface area contributed by atoms with E-state index in [2.05, 4.69) is 5.10 Å². The maximum absolute atomic E-state index is 13.1. The summed E-state index contributed by atoms with van der Waals surface area (Å²) in [4.78, 5) is 0. The van der Waals surface area contributed by atoms with Gasteiger partial charge in [-0.05, 0) is 12.1 Å². The molecule has 1 aromatic heterocycles. The van der Waals surface area contributed by atoms with Crippen LogP contribution in [0.1, 0.15) is 5.56 Å². The molecule has 78 valence electrons. The molecule has 5 heteroatoms. The van der Waals surface area contributed by atoms with Gasteiger partial charge in [-0.2, -0.15) is 5.10 Å². The molecule has 0 radical (unpaired) electrons. The number of anilines is 1. The molecule has 0 unspecified atom stereocenters. The second-order valence-electron chi connectivity index (χ2n) is 3.16. The van der Waals surface area contributed by atoms with Gasteiger partial charge in [-0.15, -0.1) is 0 Å². The molecule has 0 saturated carbocycles. The minimum absolute atomic E-state index is 0.0859. The Labute approximate surface area is 85.8 Å². The first-order valence-electron chi connectivity index (χ1n) is 4.40. The lowest BCUT2D eigenvalue weighted by atomic mass is 10.3. The Bertz CT molecular complexity index is 481. The summed E-state index contributed by atoms with van der Waals surface area (Å²) in [5, 5.41) is 12.8. The fraction of sp³-hybridized carbons (Fsp3) is 0.100. The van der Waals surface area contributed by atoms with Crippen molar-refractivity contribution in [3.8, 4) is 5.69 Å². The van der Waals surface area contributed by atoms with Gasteiger partial charge in [-0.1, -0.05) is 0 Å². The van der Waals surface area contributed by atoms with Gasteiger partial charge >= 0.3 is 0 Å². The van der Waals surface area contributed by atoms with Crippen LogP contribution in [0.5, 0.6) is 0 Å². The average Bonchev–Trinajstić information content (AvgIpc) is 2.70. The molecule has 1 heterocycles. The monoisotopic (exact) mass is 207 g/mol. The van der Waals surface area contributed by atoms with E-state index in [1.165, 1.54) is 23.0 Å². The van der Waals surface area contributed by atoms with Gasteiger partial charge in [0.25, 0.3) is 0 Å². The highest BCUT2D eigenvalue weighted by atomic mass is 19.1. The van der Waals surface area contributed by atoms with Gasteiger partial charge in [0.1, 0.15) is 5.82 Å². The van der Waals surface area contributed by atoms with E-state index in [9.17, 15) is 4.39 Å².